The van der Waals surface area contributed by atoms with Gasteiger partial charge in [0.25, 0.3) is 0 Å². The Balaban J connectivity index is 1.70. The second-order valence-electron chi connectivity index (χ2n) is 6.51. The Kier molecular flexibility index (Phi) is 7.10. The van der Waals surface area contributed by atoms with Gasteiger partial charge >= 0.3 is 0 Å². The van der Waals surface area contributed by atoms with Crippen LogP contribution in [0, 0.1) is 11.8 Å². The number of nitrogens with zero attached hydrogens (tertiary/aromatic N) is 2. The van der Waals surface area contributed by atoms with Gasteiger partial charge in [-0.1, -0.05) is 13.8 Å². The molecule has 2 rings (SSSR count). The van der Waals surface area contributed by atoms with Crippen LogP contribution in [0.3, 0.4) is 0 Å². The molecule has 1 aromatic rings. The molecule has 21 heavy (non-hydrogen) atoms. The van der Waals surface area contributed by atoms with Crippen LogP contribution in [0.5, 0.6) is 0 Å². The first-order valence-electron chi connectivity index (χ1n) is 8.03. The van der Waals surface area contributed by atoms with Crippen LogP contribution in [0.25, 0.3) is 0 Å². The van der Waals surface area contributed by atoms with E-state index in [0.29, 0.717) is 5.92 Å². The van der Waals surface area contributed by atoms with Gasteiger partial charge in [-0.15, -0.1) is 11.3 Å². The molecule has 1 fully saturated rings. The molecule has 4 nitrogen and oxygen atoms in total. The smallest absolute Gasteiger partial charge is 0.107 e. The Bertz CT molecular complexity index is 402. The number of hydrogen-bond acceptors (Lipinski definition) is 5. The highest BCUT2D eigenvalue weighted by Crippen LogP contribution is 2.17. The second kappa shape index (κ2) is 8.83. The number of thiazole rings is 1. The quantitative estimate of drug-likeness (QED) is 0.801. The first-order valence-corrected chi connectivity index (χ1v) is 8.91. The van der Waals surface area contributed by atoms with Crippen LogP contribution in [0.4, 0.5) is 0 Å². The van der Waals surface area contributed by atoms with E-state index in [0.717, 1.165) is 45.3 Å². The standard InChI is InChI=1S/C16H29N3OS/c1-13(2)8-17-9-16-18-15(12-21-16)11-19(3)10-14-4-6-20-7-5-14/h12-14,17H,4-11H2,1-3H3. The Morgan fingerprint density at radius 2 is 2.19 bits per heavy atom. The minimum Gasteiger partial charge on any atom is -0.381 e. The summed E-state index contributed by atoms with van der Waals surface area (Å²) < 4.78 is 5.42. The number of aromatic nitrogens is 1. The molecule has 0 radical (unpaired) electrons. The fourth-order valence-corrected chi connectivity index (χ4v) is 3.44. The molecule has 1 saturated heterocycles. The second-order valence-corrected chi connectivity index (χ2v) is 7.45. The van der Waals surface area contributed by atoms with Crippen LogP contribution in [-0.4, -0.2) is 43.2 Å². The molecule has 0 amide bonds. The molecule has 120 valence electrons. The van der Waals surface area contributed by atoms with E-state index in [4.69, 9.17) is 9.72 Å². The highest BCUT2D eigenvalue weighted by atomic mass is 32.1. The van der Waals surface area contributed by atoms with Gasteiger partial charge in [0.05, 0.1) is 5.69 Å². The van der Waals surface area contributed by atoms with Crippen molar-refractivity contribution in [2.45, 2.75) is 39.8 Å². The predicted molar refractivity (Wildman–Crippen MR) is 88.5 cm³/mol. The molecular formula is C16H29N3OS. The van der Waals surface area contributed by atoms with Gasteiger partial charge in [0.15, 0.2) is 0 Å². The van der Waals surface area contributed by atoms with Crippen molar-refractivity contribution in [3.8, 4) is 0 Å². The van der Waals surface area contributed by atoms with E-state index in [1.54, 1.807) is 11.3 Å². The highest BCUT2D eigenvalue weighted by molar-refractivity contribution is 7.09. The van der Waals surface area contributed by atoms with Crippen LogP contribution < -0.4 is 5.32 Å². The lowest BCUT2D eigenvalue weighted by Crippen LogP contribution is -2.29. The number of ether oxygens (including phenoxy) is 1. The van der Waals surface area contributed by atoms with E-state index in [9.17, 15) is 0 Å². The molecule has 0 aromatic carbocycles. The van der Waals surface area contributed by atoms with Crippen molar-refractivity contribution in [3.05, 3.63) is 16.1 Å². The van der Waals surface area contributed by atoms with Gasteiger partial charge in [0.2, 0.25) is 0 Å². The third kappa shape index (κ3) is 6.43. The molecule has 0 saturated carbocycles. The van der Waals surface area contributed by atoms with E-state index in [2.05, 4.69) is 36.5 Å². The van der Waals surface area contributed by atoms with E-state index in [1.807, 2.05) is 0 Å². The monoisotopic (exact) mass is 311 g/mol. The van der Waals surface area contributed by atoms with Gasteiger partial charge in [-0.05, 0) is 38.3 Å². The minimum atomic E-state index is 0.690. The largest absolute Gasteiger partial charge is 0.381 e. The zero-order chi connectivity index (χ0) is 15.1. The van der Waals surface area contributed by atoms with Crippen molar-refractivity contribution >= 4 is 11.3 Å². The van der Waals surface area contributed by atoms with E-state index in [1.165, 1.54) is 23.5 Å². The summed E-state index contributed by atoms with van der Waals surface area (Å²) in [6, 6.07) is 0. The third-order valence-electron chi connectivity index (χ3n) is 3.77. The Labute approximate surface area is 132 Å². The molecule has 1 aliphatic rings. The van der Waals surface area contributed by atoms with Crippen LogP contribution in [0.2, 0.25) is 0 Å². The molecule has 0 unspecified atom stereocenters. The van der Waals surface area contributed by atoms with Gasteiger partial charge in [-0.3, -0.25) is 0 Å². The molecule has 0 bridgehead atoms. The lowest BCUT2D eigenvalue weighted by atomic mass is 10.00. The van der Waals surface area contributed by atoms with E-state index < -0.39 is 0 Å². The van der Waals surface area contributed by atoms with Crippen molar-refractivity contribution in [2.24, 2.45) is 11.8 Å². The summed E-state index contributed by atoms with van der Waals surface area (Å²) >= 11 is 1.77. The molecule has 1 aliphatic heterocycles. The summed E-state index contributed by atoms with van der Waals surface area (Å²) in [4.78, 5) is 7.13. The first kappa shape index (κ1) is 16.9. The summed E-state index contributed by atoms with van der Waals surface area (Å²) in [5.41, 5.74) is 1.20. The van der Waals surface area contributed by atoms with Gasteiger partial charge in [-0.25, -0.2) is 4.98 Å². The molecule has 0 spiro atoms. The molecule has 5 heteroatoms. The fourth-order valence-electron chi connectivity index (χ4n) is 2.68. The summed E-state index contributed by atoms with van der Waals surface area (Å²) in [5.74, 6) is 1.48. The normalized spacial score (nSPS) is 17.0. The predicted octanol–water partition coefficient (Wildman–Crippen LogP) is 2.75. The molecule has 2 heterocycles. The molecule has 0 aliphatic carbocycles. The summed E-state index contributed by atoms with van der Waals surface area (Å²) in [6.45, 7) is 10.4. The van der Waals surface area contributed by atoms with Gasteiger partial charge in [0, 0.05) is 38.2 Å². The molecular weight excluding hydrogens is 282 g/mol. The summed E-state index contributed by atoms with van der Waals surface area (Å²) in [6.07, 6.45) is 2.40. The molecule has 0 atom stereocenters. The number of rotatable bonds is 8. The van der Waals surface area contributed by atoms with Gasteiger partial charge in [0.1, 0.15) is 5.01 Å². The van der Waals surface area contributed by atoms with Crippen LogP contribution in [0.15, 0.2) is 5.38 Å². The van der Waals surface area contributed by atoms with Crippen molar-refractivity contribution in [3.63, 3.8) is 0 Å². The topological polar surface area (TPSA) is 37.4 Å². The SMILES string of the molecule is CC(C)CNCc1nc(CN(C)CC2CCOCC2)cs1. The summed E-state index contributed by atoms with van der Waals surface area (Å²) in [5, 5.41) is 6.85. The highest BCUT2D eigenvalue weighted by Gasteiger charge is 2.16. The molecule has 1 N–H and O–H groups in total. The van der Waals surface area contributed by atoms with E-state index in [-0.39, 0.29) is 0 Å². The van der Waals surface area contributed by atoms with Crippen LogP contribution >= 0.6 is 11.3 Å². The van der Waals surface area contributed by atoms with Gasteiger partial charge < -0.3 is 15.0 Å². The molecule has 1 aromatic heterocycles. The lowest BCUT2D eigenvalue weighted by Gasteiger charge is -2.26. The first-order chi connectivity index (χ1) is 10.1. The summed E-state index contributed by atoms with van der Waals surface area (Å²) in [7, 11) is 2.20. The maximum atomic E-state index is 5.42. The maximum absolute atomic E-state index is 5.42. The zero-order valence-electron chi connectivity index (χ0n) is 13.6. The Hall–Kier alpha value is -0.490. The van der Waals surface area contributed by atoms with Crippen molar-refractivity contribution in [1.29, 1.82) is 0 Å². The average molecular weight is 311 g/mol. The van der Waals surface area contributed by atoms with Crippen LogP contribution in [-0.2, 0) is 17.8 Å². The zero-order valence-corrected chi connectivity index (χ0v) is 14.4. The maximum Gasteiger partial charge on any atom is 0.107 e. The van der Waals surface area contributed by atoms with Crippen molar-refractivity contribution < 1.29 is 4.74 Å². The van der Waals surface area contributed by atoms with Crippen molar-refractivity contribution in [2.75, 3.05) is 33.4 Å². The fraction of sp³-hybridized carbons (Fsp3) is 0.812. The van der Waals surface area contributed by atoms with Gasteiger partial charge in [-0.2, -0.15) is 0 Å². The minimum absolute atomic E-state index is 0.690. The van der Waals surface area contributed by atoms with Crippen LogP contribution in [0.1, 0.15) is 37.4 Å². The Morgan fingerprint density at radius 3 is 2.90 bits per heavy atom. The Morgan fingerprint density at radius 1 is 1.43 bits per heavy atom. The third-order valence-corrected chi connectivity index (χ3v) is 4.67. The average Bonchev–Trinajstić information content (AvgIpc) is 2.86. The van der Waals surface area contributed by atoms with E-state index >= 15 is 0 Å². The van der Waals surface area contributed by atoms with Crippen molar-refractivity contribution in [1.82, 2.24) is 15.2 Å². The lowest BCUT2D eigenvalue weighted by molar-refractivity contribution is 0.0548. The number of hydrogen-bond donors (Lipinski definition) is 1. The number of nitrogens with one attached hydrogen (secondary N) is 1.